The fraction of sp³-hybridized carbons (Fsp3) is 0.115. The van der Waals surface area contributed by atoms with E-state index in [1.165, 1.54) is 110 Å². The van der Waals surface area contributed by atoms with E-state index in [9.17, 15) is 0 Å². The largest absolute Gasteiger partial charge is 0.0619 e. The van der Waals surface area contributed by atoms with Gasteiger partial charge in [-0.15, -0.1) is 0 Å². The Morgan fingerprint density at radius 2 is 0.827 bits per heavy atom. The minimum absolute atomic E-state index is 0.0789. The summed E-state index contributed by atoms with van der Waals surface area (Å²) in [6.45, 7) is 9.76. The lowest BCUT2D eigenvalue weighted by Crippen LogP contribution is -2.29. The summed E-state index contributed by atoms with van der Waals surface area (Å²) in [7, 11) is 0. The number of fused-ring (bicyclic) bond motifs is 9. The molecule has 246 valence electrons. The molecular formula is C52H38. The topological polar surface area (TPSA) is 0 Å². The Bertz CT molecular complexity index is 2950. The maximum Gasteiger partial charge on any atom is 0.0162 e. The predicted molar refractivity (Wildman–Crippen MR) is 222 cm³/mol. The minimum Gasteiger partial charge on any atom is -0.0619 e. The zero-order valence-electron chi connectivity index (χ0n) is 30.0. The van der Waals surface area contributed by atoms with Gasteiger partial charge in [0, 0.05) is 10.8 Å². The van der Waals surface area contributed by atoms with Crippen molar-refractivity contribution in [3.8, 4) is 44.5 Å². The first-order valence-corrected chi connectivity index (χ1v) is 18.6. The van der Waals surface area contributed by atoms with E-state index < -0.39 is 0 Å². The first-order valence-electron chi connectivity index (χ1n) is 18.6. The van der Waals surface area contributed by atoms with Crippen molar-refractivity contribution in [2.75, 3.05) is 0 Å². The third-order valence-electron chi connectivity index (χ3n) is 12.6. The van der Waals surface area contributed by atoms with Crippen LogP contribution < -0.4 is 0 Å². The first kappa shape index (κ1) is 29.7. The minimum atomic E-state index is -0.185. The molecule has 0 saturated heterocycles. The number of hydrogen-bond acceptors (Lipinski definition) is 0. The molecule has 0 heteroatoms. The number of hydrogen-bond donors (Lipinski definition) is 0. The molecule has 9 aromatic rings. The molecule has 0 atom stereocenters. The Labute approximate surface area is 305 Å². The van der Waals surface area contributed by atoms with E-state index in [2.05, 4.69) is 185 Å². The average molecular weight is 663 g/mol. The molecule has 9 aromatic carbocycles. The van der Waals surface area contributed by atoms with Crippen molar-refractivity contribution in [3.05, 3.63) is 180 Å². The SMILES string of the molecule is CC1(C)c2ccccc2-c2ccc3c(c21)C(C)(C)c1cccc2c(-c4c5ccccc5c(-c5ccc6ccccc6c5)c5ccccc45)ccc-3c12. The van der Waals surface area contributed by atoms with Gasteiger partial charge in [0.1, 0.15) is 0 Å². The molecule has 0 amide bonds. The second-order valence-electron chi connectivity index (χ2n) is 16.0. The van der Waals surface area contributed by atoms with Gasteiger partial charge in [-0.25, -0.2) is 0 Å². The fourth-order valence-electron chi connectivity index (χ4n) is 10.3. The van der Waals surface area contributed by atoms with Crippen LogP contribution in [0.5, 0.6) is 0 Å². The van der Waals surface area contributed by atoms with E-state index in [-0.39, 0.29) is 10.8 Å². The van der Waals surface area contributed by atoms with Crippen LogP contribution in [0.15, 0.2) is 158 Å². The number of rotatable bonds is 2. The highest BCUT2D eigenvalue weighted by atomic mass is 14.5. The molecule has 0 N–H and O–H groups in total. The molecular weight excluding hydrogens is 625 g/mol. The predicted octanol–water partition coefficient (Wildman–Crippen LogP) is 14.2. The van der Waals surface area contributed by atoms with E-state index in [4.69, 9.17) is 0 Å². The van der Waals surface area contributed by atoms with E-state index in [0.29, 0.717) is 0 Å². The van der Waals surface area contributed by atoms with Gasteiger partial charge in [-0.05, 0) is 116 Å². The summed E-state index contributed by atoms with van der Waals surface area (Å²) in [5.41, 5.74) is 16.2. The summed E-state index contributed by atoms with van der Waals surface area (Å²) in [5.74, 6) is 0. The van der Waals surface area contributed by atoms with Gasteiger partial charge < -0.3 is 0 Å². The van der Waals surface area contributed by atoms with Gasteiger partial charge >= 0.3 is 0 Å². The lowest BCUT2D eigenvalue weighted by atomic mass is 9.63. The third kappa shape index (κ3) is 3.77. The van der Waals surface area contributed by atoms with Gasteiger partial charge in [-0.3, -0.25) is 0 Å². The first-order chi connectivity index (χ1) is 25.3. The van der Waals surface area contributed by atoms with Crippen molar-refractivity contribution in [2.45, 2.75) is 38.5 Å². The Morgan fingerprint density at radius 3 is 1.54 bits per heavy atom. The molecule has 0 fully saturated rings. The van der Waals surface area contributed by atoms with Crippen molar-refractivity contribution in [1.29, 1.82) is 0 Å². The second kappa shape index (κ2) is 10.3. The van der Waals surface area contributed by atoms with Crippen LogP contribution in [0.3, 0.4) is 0 Å². The molecule has 0 saturated carbocycles. The molecule has 0 aromatic heterocycles. The lowest BCUT2D eigenvalue weighted by Gasteiger charge is -2.40. The fourth-order valence-corrected chi connectivity index (χ4v) is 10.3. The van der Waals surface area contributed by atoms with Crippen molar-refractivity contribution < 1.29 is 0 Å². The summed E-state index contributed by atoms with van der Waals surface area (Å²) in [5, 5.41) is 10.4. The highest BCUT2D eigenvalue weighted by Crippen LogP contribution is 2.59. The maximum atomic E-state index is 2.46. The zero-order chi connectivity index (χ0) is 34.9. The normalized spacial score (nSPS) is 14.8. The Balaban J connectivity index is 1.21. The quantitative estimate of drug-likeness (QED) is 0.162. The lowest BCUT2D eigenvalue weighted by molar-refractivity contribution is 0.591. The smallest absolute Gasteiger partial charge is 0.0162 e. The Hall–Kier alpha value is -5.98. The van der Waals surface area contributed by atoms with Crippen LogP contribution in [0, 0.1) is 0 Å². The molecule has 0 aliphatic heterocycles. The van der Waals surface area contributed by atoms with Gasteiger partial charge in [0.2, 0.25) is 0 Å². The summed E-state index contributed by atoms with van der Waals surface area (Å²) < 4.78 is 0. The summed E-state index contributed by atoms with van der Waals surface area (Å²) in [4.78, 5) is 0. The van der Waals surface area contributed by atoms with Crippen molar-refractivity contribution in [2.24, 2.45) is 0 Å². The van der Waals surface area contributed by atoms with Gasteiger partial charge in [-0.2, -0.15) is 0 Å². The van der Waals surface area contributed by atoms with Crippen molar-refractivity contribution in [1.82, 2.24) is 0 Å². The molecule has 11 rings (SSSR count). The van der Waals surface area contributed by atoms with Gasteiger partial charge in [0.05, 0.1) is 0 Å². The van der Waals surface area contributed by atoms with Crippen molar-refractivity contribution in [3.63, 3.8) is 0 Å². The highest BCUT2D eigenvalue weighted by Gasteiger charge is 2.44. The van der Waals surface area contributed by atoms with Crippen LogP contribution in [0.2, 0.25) is 0 Å². The maximum absolute atomic E-state index is 2.46. The molecule has 2 aliphatic carbocycles. The van der Waals surface area contributed by atoms with Crippen LogP contribution in [0.4, 0.5) is 0 Å². The van der Waals surface area contributed by atoms with Gasteiger partial charge in [0.25, 0.3) is 0 Å². The van der Waals surface area contributed by atoms with Gasteiger partial charge in [0.15, 0.2) is 0 Å². The molecule has 2 aliphatic rings. The van der Waals surface area contributed by atoms with Crippen molar-refractivity contribution >= 4 is 43.1 Å². The van der Waals surface area contributed by atoms with E-state index in [1.54, 1.807) is 0 Å². The van der Waals surface area contributed by atoms with E-state index in [0.717, 1.165) is 0 Å². The van der Waals surface area contributed by atoms with E-state index in [1.807, 2.05) is 0 Å². The zero-order valence-corrected chi connectivity index (χ0v) is 30.0. The van der Waals surface area contributed by atoms with Crippen LogP contribution >= 0.6 is 0 Å². The Morgan fingerprint density at radius 1 is 0.327 bits per heavy atom. The van der Waals surface area contributed by atoms with E-state index >= 15 is 0 Å². The third-order valence-corrected chi connectivity index (χ3v) is 12.6. The molecule has 0 radical (unpaired) electrons. The standard InChI is InChI=1S/C52H38/c1-51(2)44-22-12-11-16-34(44)42-28-29-43-41-27-26-40(39-21-13-23-45(48(39)41)52(3,4)50(43)49(42)51)47-37-19-9-7-17-35(37)46(36-18-8-10-20-38(36)47)33-25-24-31-14-5-6-15-32(31)30-33/h5-30H,1-4H3. The van der Waals surface area contributed by atoms with Crippen LogP contribution in [0.1, 0.15) is 49.9 Å². The summed E-state index contributed by atoms with van der Waals surface area (Å²) in [6, 6.07) is 59.5. The highest BCUT2D eigenvalue weighted by molar-refractivity contribution is 6.25. The summed E-state index contributed by atoms with van der Waals surface area (Å²) in [6.07, 6.45) is 0. The second-order valence-corrected chi connectivity index (χ2v) is 16.0. The van der Waals surface area contributed by atoms with Crippen LogP contribution in [-0.2, 0) is 10.8 Å². The molecule has 52 heavy (non-hydrogen) atoms. The monoisotopic (exact) mass is 662 g/mol. The molecule has 0 heterocycles. The van der Waals surface area contributed by atoms with Gasteiger partial charge in [-0.1, -0.05) is 179 Å². The van der Waals surface area contributed by atoms with Crippen LogP contribution in [0.25, 0.3) is 87.6 Å². The molecule has 0 unspecified atom stereocenters. The van der Waals surface area contributed by atoms with Crippen LogP contribution in [-0.4, -0.2) is 0 Å². The Kier molecular flexibility index (Phi) is 5.89. The summed E-state index contributed by atoms with van der Waals surface area (Å²) >= 11 is 0. The average Bonchev–Trinajstić information content (AvgIpc) is 3.41. The molecule has 0 bridgehead atoms. The molecule has 0 spiro atoms. The number of benzene rings is 9. The molecule has 0 nitrogen and oxygen atoms in total.